The van der Waals surface area contributed by atoms with Crippen molar-refractivity contribution in [2.75, 3.05) is 0 Å². The van der Waals surface area contributed by atoms with Crippen molar-refractivity contribution in [3.8, 4) is 0 Å². The lowest BCUT2D eigenvalue weighted by Gasteiger charge is -2.03. The van der Waals surface area contributed by atoms with E-state index in [2.05, 4.69) is 9.97 Å². The van der Waals surface area contributed by atoms with Crippen molar-refractivity contribution < 1.29 is 9.90 Å². The Labute approximate surface area is 109 Å². The number of rotatable bonds is 3. The third-order valence-electron chi connectivity index (χ3n) is 2.93. The number of benzene rings is 1. The Hall–Kier alpha value is -2.69. The molecule has 0 spiro atoms. The van der Waals surface area contributed by atoms with Crippen molar-refractivity contribution in [2.45, 2.75) is 6.54 Å². The highest BCUT2D eigenvalue weighted by molar-refractivity contribution is 5.92. The van der Waals surface area contributed by atoms with Crippen LogP contribution in [0.15, 0.2) is 48.9 Å². The van der Waals surface area contributed by atoms with Crippen LogP contribution in [0.2, 0.25) is 0 Å². The fourth-order valence-corrected chi connectivity index (χ4v) is 1.99. The predicted molar refractivity (Wildman–Crippen MR) is 70.0 cm³/mol. The molecule has 0 saturated carbocycles. The fraction of sp³-hybridized carbons (Fsp3) is 0.0714. The van der Waals surface area contributed by atoms with E-state index in [0.717, 1.165) is 11.2 Å². The molecule has 0 radical (unpaired) electrons. The zero-order chi connectivity index (χ0) is 13.2. The molecule has 2 heterocycles. The molecule has 1 N–H and O–H groups in total. The summed E-state index contributed by atoms with van der Waals surface area (Å²) in [5, 5.41) is 8.94. The van der Waals surface area contributed by atoms with Gasteiger partial charge in [0.1, 0.15) is 0 Å². The standard InChI is InChI=1S/C14H11N3O2/c18-14(19)10-4-5-13-12(7-10)16-9-17(13)8-11-3-1-2-6-15-11/h1-7,9H,8H2,(H,18,19). The smallest absolute Gasteiger partial charge is 0.335 e. The number of carbonyl (C=O) groups is 1. The van der Waals surface area contributed by atoms with Crippen LogP contribution < -0.4 is 0 Å². The Balaban J connectivity index is 1.99. The van der Waals surface area contributed by atoms with Crippen molar-refractivity contribution in [3.05, 3.63) is 60.2 Å². The maximum Gasteiger partial charge on any atom is 0.335 e. The quantitative estimate of drug-likeness (QED) is 0.776. The van der Waals surface area contributed by atoms with E-state index in [9.17, 15) is 4.79 Å². The molecular weight excluding hydrogens is 242 g/mol. The second kappa shape index (κ2) is 4.53. The van der Waals surface area contributed by atoms with Crippen molar-refractivity contribution in [1.29, 1.82) is 0 Å². The summed E-state index contributed by atoms with van der Waals surface area (Å²) in [7, 11) is 0. The van der Waals surface area contributed by atoms with Crippen molar-refractivity contribution in [2.24, 2.45) is 0 Å². The van der Waals surface area contributed by atoms with E-state index in [1.807, 2.05) is 22.8 Å². The average Bonchev–Trinajstić information content (AvgIpc) is 2.82. The van der Waals surface area contributed by atoms with Gasteiger partial charge in [0.15, 0.2) is 0 Å². The van der Waals surface area contributed by atoms with Gasteiger partial charge in [-0.1, -0.05) is 6.07 Å². The topological polar surface area (TPSA) is 68.0 Å². The SMILES string of the molecule is O=C(O)c1ccc2c(c1)ncn2Cc1ccccn1. The average molecular weight is 253 g/mol. The van der Waals surface area contributed by atoms with Gasteiger partial charge < -0.3 is 9.67 Å². The minimum Gasteiger partial charge on any atom is -0.478 e. The van der Waals surface area contributed by atoms with Gasteiger partial charge in [0, 0.05) is 6.20 Å². The second-order valence-electron chi connectivity index (χ2n) is 4.20. The fourth-order valence-electron chi connectivity index (χ4n) is 1.99. The lowest BCUT2D eigenvalue weighted by atomic mass is 10.2. The van der Waals surface area contributed by atoms with E-state index < -0.39 is 5.97 Å². The molecule has 0 amide bonds. The van der Waals surface area contributed by atoms with Crippen molar-refractivity contribution in [1.82, 2.24) is 14.5 Å². The predicted octanol–water partition coefficient (Wildman–Crippen LogP) is 2.18. The summed E-state index contributed by atoms with van der Waals surface area (Å²) in [6, 6.07) is 10.7. The Morgan fingerprint density at radius 2 is 2.11 bits per heavy atom. The molecule has 3 rings (SSSR count). The van der Waals surface area contributed by atoms with Crippen LogP contribution in [0.25, 0.3) is 11.0 Å². The maximum atomic E-state index is 10.9. The molecular formula is C14H11N3O2. The summed E-state index contributed by atoms with van der Waals surface area (Å²) in [4.78, 5) is 19.4. The number of carboxylic acids is 1. The number of nitrogens with zero attached hydrogens (tertiary/aromatic N) is 3. The molecule has 2 aromatic heterocycles. The first-order valence-electron chi connectivity index (χ1n) is 5.82. The third-order valence-corrected chi connectivity index (χ3v) is 2.93. The van der Waals surface area contributed by atoms with Gasteiger partial charge in [0.25, 0.3) is 0 Å². The van der Waals surface area contributed by atoms with Gasteiger partial charge in [0.05, 0.1) is 35.2 Å². The Morgan fingerprint density at radius 1 is 1.21 bits per heavy atom. The summed E-state index contributed by atoms with van der Waals surface area (Å²) >= 11 is 0. The Morgan fingerprint density at radius 3 is 2.84 bits per heavy atom. The van der Waals surface area contributed by atoms with Gasteiger partial charge in [-0.05, 0) is 30.3 Å². The van der Waals surface area contributed by atoms with Gasteiger partial charge >= 0.3 is 5.97 Å². The highest BCUT2D eigenvalue weighted by atomic mass is 16.4. The minimum atomic E-state index is -0.943. The summed E-state index contributed by atoms with van der Waals surface area (Å²) in [5.41, 5.74) is 2.76. The first kappa shape index (κ1) is 11.4. The molecule has 0 atom stereocenters. The zero-order valence-electron chi connectivity index (χ0n) is 10.0. The molecule has 94 valence electrons. The van der Waals surface area contributed by atoms with Gasteiger partial charge in [-0.3, -0.25) is 4.98 Å². The normalized spacial score (nSPS) is 10.7. The van der Waals surface area contributed by atoms with Crippen LogP contribution in [0.4, 0.5) is 0 Å². The molecule has 0 fully saturated rings. The van der Waals surface area contributed by atoms with Crippen LogP contribution in [0.1, 0.15) is 16.1 Å². The van der Waals surface area contributed by atoms with E-state index in [1.165, 1.54) is 0 Å². The molecule has 0 unspecified atom stereocenters. The molecule has 0 aliphatic heterocycles. The van der Waals surface area contributed by atoms with E-state index in [0.29, 0.717) is 12.1 Å². The monoisotopic (exact) mass is 253 g/mol. The molecule has 5 nitrogen and oxygen atoms in total. The van der Waals surface area contributed by atoms with Gasteiger partial charge in [0.2, 0.25) is 0 Å². The van der Waals surface area contributed by atoms with E-state index >= 15 is 0 Å². The van der Waals surface area contributed by atoms with Crippen LogP contribution in [0.3, 0.4) is 0 Å². The summed E-state index contributed by atoms with van der Waals surface area (Å²) < 4.78 is 1.95. The summed E-state index contributed by atoms with van der Waals surface area (Å²) in [6.45, 7) is 0.615. The molecule has 0 aliphatic carbocycles. The largest absolute Gasteiger partial charge is 0.478 e. The first-order chi connectivity index (χ1) is 9.24. The van der Waals surface area contributed by atoms with Crippen LogP contribution in [-0.2, 0) is 6.54 Å². The van der Waals surface area contributed by atoms with Crippen LogP contribution >= 0.6 is 0 Å². The van der Waals surface area contributed by atoms with Crippen LogP contribution in [-0.4, -0.2) is 25.6 Å². The number of fused-ring (bicyclic) bond motifs is 1. The number of aromatic nitrogens is 3. The van der Waals surface area contributed by atoms with Gasteiger partial charge in [-0.15, -0.1) is 0 Å². The number of imidazole rings is 1. The first-order valence-corrected chi connectivity index (χ1v) is 5.82. The molecule has 3 aromatic rings. The number of hydrogen-bond acceptors (Lipinski definition) is 3. The van der Waals surface area contributed by atoms with Crippen LogP contribution in [0, 0.1) is 0 Å². The highest BCUT2D eigenvalue weighted by Gasteiger charge is 2.08. The number of carboxylic acid groups (broad SMARTS) is 1. The second-order valence-corrected chi connectivity index (χ2v) is 4.20. The van der Waals surface area contributed by atoms with E-state index in [1.54, 1.807) is 30.7 Å². The number of aromatic carboxylic acids is 1. The van der Waals surface area contributed by atoms with Gasteiger partial charge in [-0.2, -0.15) is 0 Å². The number of pyridine rings is 1. The maximum absolute atomic E-state index is 10.9. The van der Waals surface area contributed by atoms with E-state index in [-0.39, 0.29) is 5.56 Å². The van der Waals surface area contributed by atoms with Crippen molar-refractivity contribution >= 4 is 17.0 Å². The lowest BCUT2D eigenvalue weighted by molar-refractivity contribution is 0.0697. The van der Waals surface area contributed by atoms with Crippen LogP contribution in [0.5, 0.6) is 0 Å². The molecule has 1 aromatic carbocycles. The molecule has 0 saturated heterocycles. The molecule has 0 bridgehead atoms. The summed E-state index contributed by atoms with van der Waals surface area (Å²) in [5.74, 6) is -0.943. The highest BCUT2D eigenvalue weighted by Crippen LogP contribution is 2.16. The molecule has 0 aliphatic rings. The lowest BCUT2D eigenvalue weighted by Crippen LogP contribution is -2.00. The van der Waals surface area contributed by atoms with Crippen molar-refractivity contribution in [3.63, 3.8) is 0 Å². The summed E-state index contributed by atoms with van der Waals surface area (Å²) in [6.07, 6.45) is 3.45. The third kappa shape index (κ3) is 2.18. The molecule has 19 heavy (non-hydrogen) atoms. The Bertz CT molecular complexity index is 735. The minimum absolute atomic E-state index is 0.246. The molecule has 5 heteroatoms. The zero-order valence-corrected chi connectivity index (χ0v) is 10.0. The van der Waals surface area contributed by atoms with E-state index in [4.69, 9.17) is 5.11 Å². The number of hydrogen-bond donors (Lipinski definition) is 1. The van der Waals surface area contributed by atoms with Gasteiger partial charge in [-0.25, -0.2) is 9.78 Å². The Kier molecular flexibility index (Phi) is 2.72.